The van der Waals surface area contributed by atoms with Gasteiger partial charge in [-0.3, -0.25) is 4.79 Å². The van der Waals surface area contributed by atoms with Crippen LogP contribution in [-0.4, -0.2) is 15.9 Å². The van der Waals surface area contributed by atoms with Gasteiger partial charge < -0.3 is 9.72 Å². The Morgan fingerprint density at radius 3 is 2.81 bits per heavy atom. The molecule has 0 spiro atoms. The summed E-state index contributed by atoms with van der Waals surface area (Å²) in [5.41, 5.74) is 1.29. The molecular formula is C19H16Cl2N2O3S. The van der Waals surface area contributed by atoms with Gasteiger partial charge in [-0.05, 0) is 44.0 Å². The molecule has 1 aromatic carbocycles. The first-order chi connectivity index (χ1) is 12.8. The Labute approximate surface area is 169 Å². The second kappa shape index (κ2) is 7.84. The number of nitrogens with zero attached hydrogens (tertiary/aromatic N) is 1. The van der Waals surface area contributed by atoms with Gasteiger partial charge in [-0.15, -0.1) is 11.3 Å². The number of thiophene rings is 1. The Hall–Kier alpha value is -2.15. The zero-order chi connectivity index (χ0) is 19.7. The average molecular weight is 423 g/mol. The number of hydrogen-bond donors (Lipinski definition) is 1. The van der Waals surface area contributed by atoms with E-state index >= 15 is 0 Å². The Balaban J connectivity index is 1.78. The van der Waals surface area contributed by atoms with Crippen molar-refractivity contribution in [1.29, 1.82) is 0 Å². The van der Waals surface area contributed by atoms with Gasteiger partial charge in [0.2, 0.25) is 0 Å². The molecule has 0 aliphatic rings. The van der Waals surface area contributed by atoms with Gasteiger partial charge >= 0.3 is 5.97 Å². The number of esters is 1. The van der Waals surface area contributed by atoms with E-state index in [-0.39, 0.29) is 5.56 Å². The van der Waals surface area contributed by atoms with Crippen LogP contribution in [0.1, 0.15) is 34.9 Å². The third-order valence-electron chi connectivity index (χ3n) is 4.12. The molecule has 1 atom stereocenters. The monoisotopic (exact) mass is 422 g/mol. The number of H-pyrrole nitrogens is 1. The van der Waals surface area contributed by atoms with E-state index in [9.17, 15) is 9.59 Å². The number of halogens is 2. The molecule has 1 unspecified atom stereocenters. The van der Waals surface area contributed by atoms with E-state index in [2.05, 4.69) is 9.97 Å². The van der Waals surface area contributed by atoms with E-state index in [1.807, 2.05) is 13.8 Å². The maximum Gasteiger partial charge on any atom is 0.331 e. The quantitative estimate of drug-likeness (QED) is 0.461. The summed E-state index contributed by atoms with van der Waals surface area (Å²) in [4.78, 5) is 33.2. The molecule has 0 radical (unpaired) electrons. The average Bonchev–Trinajstić information content (AvgIpc) is 2.90. The van der Waals surface area contributed by atoms with E-state index < -0.39 is 12.1 Å². The molecule has 8 heteroatoms. The van der Waals surface area contributed by atoms with Gasteiger partial charge in [-0.1, -0.05) is 35.3 Å². The van der Waals surface area contributed by atoms with Crippen molar-refractivity contribution >= 4 is 56.8 Å². The van der Waals surface area contributed by atoms with Gasteiger partial charge in [-0.25, -0.2) is 9.78 Å². The zero-order valence-corrected chi connectivity index (χ0v) is 17.1. The van der Waals surface area contributed by atoms with Crippen LogP contribution in [0.3, 0.4) is 0 Å². The summed E-state index contributed by atoms with van der Waals surface area (Å²) in [5.74, 6) is -0.281. The SMILES string of the molecule is Cc1sc2nc(C(C)OC(=O)/C=C/c3cccc(Cl)c3Cl)[nH]c(=O)c2c1C. The fourth-order valence-corrected chi connectivity index (χ4v) is 3.95. The summed E-state index contributed by atoms with van der Waals surface area (Å²) in [6.07, 6.45) is 2.07. The molecule has 0 aliphatic heterocycles. The second-order valence-electron chi connectivity index (χ2n) is 5.97. The van der Waals surface area contributed by atoms with Crippen molar-refractivity contribution in [2.24, 2.45) is 0 Å². The summed E-state index contributed by atoms with van der Waals surface area (Å²) in [6, 6.07) is 5.13. The molecule has 5 nitrogen and oxygen atoms in total. The highest BCUT2D eigenvalue weighted by Crippen LogP contribution is 2.28. The standard InChI is InChI=1S/C19H16Cl2N2O3S/c1-9-11(3)27-19-15(9)18(25)22-17(23-19)10(2)26-14(24)8-7-12-5-4-6-13(20)16(12)21/h4-8,10H,1-3H3,(H,22,23,25)/b8-7+. The number of nitrogens with one attached hydrogen (secondary N) is 1. The molecule has 0 amide bonds. The number of carbonyl (C=O) groups excluding carboxylic acids is 1. The van der Waals surface area contributed by atoms with Crippen molar-refractivity contribution in [3.63, 3.8) is 0 Å². The molecular weight excluding hydrogens is 407 g/mol. The second-order valence-corrected chi connectivity index (χ2v) is 7.96. The van der Waals surface area contributed by atoms with E-state index in [0.29, 0.717) is 31.6 Å². The maximum absolute atomic E-state index is 12.3. The largest absolute Gasteiger partial charge is 0.451 e. The molecule has 3 aromatic rings. The van der Waals surface area contributed by atoms with Crippen LogP contribution in [0.5, 0.6) is 0 Å². The van der Waals surface area contributed by atoms with Crippen LogP contribution in [0, 0.1) is 13.8 Å². The van der Waals surface area contributed by atoms with Crippen LogP contribution in [0.4, 0.5) is 0 Å². The minimum absolute atomic E-state index is 0.235. The normalized spacial score (nSPS) is 12.6. The van der Waals surface area contributed by atoms with Crippen LogP contribution < -0.4 is 5.56 Å². The summed E-state index contributed by atoms with van der Waals surface area (Å²) >= 11 is 13.5. The van der Waals surface area contributed by atoms with Crippen molar-refractivity contribution < 1.29 is 9.53 Å². The molecule has 0 saturated carbocycles. The number of ether oxygens (including phenoxy) is 1. The Bertz CT molecular complexity index is 1120. The molecule has 2 aromatic heterocycles. The number of carbonyl (C=O) groups is 1. The lowest BCUT2D eigenvalue weighted by Gasteiger charge is -2.11. The highest BCUT2D eigenvalue weighted by molar-refractivity contribution is 7.18. The molecule has 0 bridgehead atoms. The van der Waals surface area contributed by atoms with E-state index in [1.54, 1.807) is 25.1 Å². The number of aromatic amines is 1. The van der Waals surface area contributed by atoms with Crippen LogP contribution in [0.2, 0.25) is 10.0 Å². The summed E-state index contributed by atoms with van der Waals surface area (Å²) < 4.78 is 5.34. The number of benzene rings is 1. The highest BCUT2D eigenvalue weighted by Gasteiger charge is 2.17. The lowest BCUT2D eigenvalue weighted by atomic mass is 10.2. The van der Waals surface area contributed by atoms with Gasteiger partial charge in [0.1, 0.15) is 4.83 Å². The first-order valence-electron chi connectivity index (χ1n) is 8.10. The minimum atomic E-state index is -0.711. The molecule has 2 heterocycles. The van der Waals surface area contributed by atoms with Crippen molar-refractivity contribution in [2.45, 2.75) is 26.9 Å². The molecule has 0 aliphatic carbocycles. The van der Waals surface area contributed by atoms with Gasteiger partial charge in [0.15, 0.2) is 11.9 Å². The number of aromatic nitrogens is 2. The fraction of sp³-hybridized carbons (Fsp3) is 0.211. The fourth-order valence-electron chi connectivity index (χ4n) is 2.54. The van der Waals surface area contributed by atoms with Crippen LogP contribution in [0.25, 0.3) is 16.3 Å². The van der Waals surface area contributed by atoms with Crippen LogP contribution >= 0.6 is 34.5 Å². The number of hydrogen-bond acceptors (Lipinski definition) is 5. The van der Waals surface area contributed by atoms with Crippen molar-refractivity contribution in [3.05, 3.63) is 66.5 Å². The predicted octanol–water partition coefficient (Wildman–Crippen LogP) is 5.23. The van der Waals surface area contributed by atoms with Crippen molar-refractivity contribution in [3.8, 4) is 0 Å². The lowest BCUT2D eigenvalue weighted by molar-refractivity contribution is -0.142. The molecule has 140 valence electrons. The molecule has 3 rings (SSSR count). The van der Waals surface area contributed by atoms with Crippen molar-refractivity contribution in [1.82, 2.24) is 9.97 Å². The Morgan fingerprint density at radius 2 is 2.07 bits per heavy atom. The first-order valence-corrected chi connectivity index (χ1v) is 9.67. The third kappa shape index (κ3) is 4.08. The van der Waals surface area contributed by atoms with Crippen LogP contribution in [0.15, 0.2) is 29.1 Å². The van der Waals surface area contributed by atoms with Crippen LogP contribution in [-0.2, 0) is 9.53 Å². The summed E-state index contributed by atoms with van der Waals surface area (Å²) in [7, 11) is 0. The Morgan fingerprint density at radius 1 is 1.33 bits per heavy atom. The maximum atomic E-state index is 12.3. The number of rotatable bonds is 4. The minimum Gasteiger partial charge on any atom is -0.451 e. The van der Waals surface area contributed by atoms with Gasteiger partial charge in [0, 0.05) is 11.0 Å². The van der Waals surface area contributed by atoms with E-state index in [1.165, 1.54) is 23.5 Å². The predicted molar refractivity (Wildman–Crippen MR) is 110 cm³/mol. The summed E-state index contributed by atoms with van der Waals surface area (Å²) in [5, 5.41) is 1.34. The number of fused-ring (bicyclic) bond motifs is 1. The van der Waals surface area contributed by atoms with Gasteiger partial charge in [0.05, 0.1) is 15.4 Å². The van der Waals surface area contributed by atoms with Crippen molar-refractivity contribution in [2.75, 3.05) is 0 Å². The van der Waals surface area contributed by atoms with Gasteiger partial charge in [0.25, 0.3) is 5.56 Å². The first kappa shape index (κ1) is 19.6. The van der Waals surface area contributed by atoms with E-state index in [4.69, 9.17) is 27.9 Å². The molecule has 1 N–H and O–H groups in total. The van der Waals surface area contributed by atoms with Gasteiger partial charge in [-0.2, -0.15) is 0 Å². The highest BCUT2D eigenvalue weighted by atomic mass is 35.5. The summed E-state index contributed by atoms with van der Waals surface area (Å²) in [6.45, 7) is 5.48. The zero-order valence-electron chi connectivity index (χ0n) is 14.8. The topological polar surface area (TPSA) is 72.0 Å². The molecule has 0 saturated heterocycles. The Kier molecular flexibility index (Phi) is 5.69. The molecule has 27 heavy (non-hydrogen) atoms. The number of aryl methyl sites for hydroxylation is 2. The third-order valence-corrected chi connectivity index (χ3v) is 6.05. The smallest absolute Gasteiger partial charge is 0.331 e. The lowest BCUT2D eigenvalue weighted by Crippen LogP contribution is -2.16. The van der Waals surface area contributed by atoms with E-state index in [0.717, 1.165) is 10.4 Å². The molecule has 0 fully saturated rings.